The molecule has 0 aromatic carbocycles. The van der Waals surface area contributed by atoms with E-state index in [1.165, 1.54) is 25.9 Å². The van der Waals surface area contributed by atoms with Gasteiger partial charge in [0.1, 0.15) is 0 Å². The van der Waals surface area contributed by atoms with Crippen LogP contribution in [0.2, 0.25) is 0 Å². The molecule has 0 aliphatic carbocycles. The van der Waals surface area contributed by atoms with Crippen LogP contribution in [0.3, 0.4) is 0 Å². The molecule has 1 heterocycles. The van der Waals surface area contributed by atoms with Crippen LogP contribution in [-0.4, -0.2) is 49.8 Å². The Labute approximate surface area is 113 Å². The van der Waals surface area contributed by atoms with E-state index in [-0.39, 0.29) is 0 Å². The fourth-order valence-electron chi connectivity index (χ4n) is 2.89. The van der Waals surface area contributed by atoms with Gasteiger partial charge in [0.2, 0.25) is 0 Å². The molecular formula is C15H32N2O. The van der Waals surface area contributed by atoms with Gasteiger partial charge in [0.05, 0.1) is 0 Å². The number of hydrogen-bond donors (Lipinski definition) is 1. The molecule has 0 radical (unpaired) electrons. The molecule has 3 atom stereocenters. The van der Waals surface area contributed by atoms with Crippen LogP contribution in [0, 0.1) is 5.92 Å². The monoisotopic (exact) mass is 256 g/mol. The summed E-state index contributed by atoms with van der Waals surface area (Å²) >= 11 is 0. The lowest BCUT2D eigenvalue weighted by molar-refractivity contribution is 0.0692. The lowest BCUT2D eigenvalue weighted by Gasteiger charge is -2.43. The fraction of sp³-hybridized carbons (Fsp3) is 1.00. The van der Waals surface area contributed by atoms with Crippen molar-refractivity contribution in [3.63, 3.8) is 0 Å². The summed E-state index contributed by atoms with van der Waals surface area (Å²) in [5.74, 6) is 0.748. The van der Waals surface area contributed by atoms with E-state index in [1.807, 2.05) is 0 Å². The minimum absolute atomic E-state index is 0.690. The first-order chi connectivity index (χ1) is 8.70. The zero-order valence-corrected chi connectivity index (χ0v) is 12.7. The van der Waals surface area contributed by atoms with Crippen LogP contribution in [0.1, 0.15) is 47.0 Å². The zero-order valence-electron chi connectivity index (χ0n) is 12.7. The van der Waals surface area contributed by atoms with Gasteiger partial charge in [-0.15, -0.1) is 0 Å². The first-order valence-corrected chi connectivity index (χ1v) is 7.75. The Bertz CT molecular complexity index is 211. The summed E-state index contributed by atoms with van der Waals surface area (Å²) in [7, 11) is 0. The summed E-state index contributed by atoms with van der Waals surface area (Å²) in [5, 5.41) is 3.70. The van der Waals surface area contributed by atoms with Gasteiger partial charge < -0.3 is 15.0 Å². The number of rotatable bonds is 8. The topological polar surface area (TPSA) is 24.5 Å². The molecule has 0 aromatic rings. The van der Waals surface area contributed by atoms with Crippen LogP contribution in [0.5, 0.6) is 0 Å². The van der Waals surface area contributed by atoms with Crippen LogP contribution < -0.4 is 5.32 Å². The average Bonchev–Trinajstić information content (AvgIpc) is 2.38. The van der Waals surface area contributed by atoms with E-state index in [9.17, 15) is 0 Å². The van der Waals surface area contributed by atoms with Crippen molar-refractivity contribution in [2.24, 2.45) is 5.92 Å². The molecule has 0 saturated carbocycles. The summed E-state index contributed by atoms with van der Waals surface area (Å²) in [6, 6.07) is 1.40. The molecule has 0 aromatic heterocycles. The van der Waals surface area contributed by atoms with Crippen LogP contribution in [0.15, 0.2) is 0 Å². The van der Waals surface area contributed by atoms with Gasteiger partial charge in [-0.3, -0.25) is 0 Å². The second-order valence-corrected chi connectivity index (χ2v) is 5.54. The molecule has 1 N–H and O–H groups in total. The molecule has 18 heavy (non-hydrogen) atoms. The van der Waals surface area contributed by atoms with Crippen molar-refractivity contribution >= 4 is 0 Å². The quantitative estimate of drug-likeness (QED) is 0.675. The van der Waals surface area contributed by atoms with Crippen molar-refractivity contribution < 1.29 is 4.74 Å². The molecule has 1 fully saturated rings. The van der Waals surface area contributed by atoms with Crippen molar-refractivity contribution in [3.05, 3.63) is 0 Å². The van der Waals surface area contributed by atoms with Gasteiger partial charge in [-0.05, 0) is 52.1 Å². The standard InChI is InChI=1S/C15H32N2O/c1-5-9-16-15-8-11-17(14(4)13(15)3)10-7-12-18-6-2/h13-16H,5-12H2,1-4H3. The second kappa shape index (κ2) is 8.89. The van der Waals surface area contributed by atoms with Gasteiger partial charge in [-0.1, -0.05) is 13.8 Å². The summed E-state index contributed by atoms with van der Waals surface area (Å²) in [6.45, 7) is 14.4. The summed E-state index contributed by atoms with van der Waals surface area (Å²) in [5.41, 5.74) is 0. The highest BCUT2D eigenvalue weighted by molar-refractivity contribution is 4.88. The fourth-order valence-corrected chi connectivity index (χ4v) is 2.89. The van der Waals surface area contributed by atoms with E-state index >= 15 is 0 Å². The maximum Gasteiger partial charge on any atom is 0.0478 e. The summed E-state index contributed by atoms with van der Waals surface area (Å²) in [6.07, 6.45) is 3.69. The molecule has 0 amide bonds. The molecule has 1 aliphatic rings. The smallest absolute Gasteiger partial charge is 0.0478 e. The largest absolute Gasteiger partial charge is 0.382 e. The molecule has 1 saturated heterocycles. The van der Waals surface area contributed by atoms with Crippen molar-refractivity contribution in [2.45, 2.75) is 59.0 Å². The Kier molecular flexibility index (Phi) is 7.87. The number of hydrogen-bond acceptors (Lipinski definition) is 3. The lowest BCUT2D eigenvalue weighted by Crippen LogP contribution is -2.53. The second-order valence-electron chi connectivity index (χ2n) is 5.54. The number of piperidine rings is 1. The first-order valence-electron chi connectivity index (χ1n) is 7.75. The third-order valence-electron chi connectivity index (χ3n) is 4.29. The van der Waals surface area contributed by atoms with E-state index in [0.717, 1.165) is 32.1 Å². The minimum atomic E-state index is 0.690. The molecule has 0 spiro atoms. The molecule has 1 rings (SSSR count). The van der Waals surface area contributed by atoms with Crippen molar-refractivity contribution in [3.8, 4) is 0 Å². The van der Waals surface area contributed by atoms with Crippen LogP contribution in [0.4, 0.5) is 0 Å². The molecular weight excluding hydrogens is 224 g/mol. The summed E-state index contributed by atoms with van der Waals surface area (Å²) < 4.78 is 5.42. The molecule has 0 bridgehead atoms. The van der Waals surface area contributed by atoms with Crippen molar-refractivity contribution in [1.82, 2.24) is 10.2 Å². The molecule has 1 aliphatic heterocycles. The van der Waals surface area contributed by atoms with Crippen LogP contribution >= 0.6 is 0 Å². The highest BCUT2D eigenvalue weighted by atomic mass is 16.5. The van der Waals surface area contributed by atoms with Gasteiger partial charge in [0.15, 0.2) is 0 Å². The first kappa shape index (κ1) is 15.9. The van der Waals surface area contributed by atoms with E-state index < -0.39 is 0 Å². The van der Waals surface area contributed by atoms with E-state index in [0.29, 0.717) is 12.1 Å². The third-order valence-corrected chi connectivity index (χ3v) is 4.29. The molecule has 3 heteroatoms. The van der Waals surface area contributed by atoms with Gasteiger partial charge in [-0.2, -0.15) is 0 Å². The molecule has 3 unspecified atom stereocenters. The van der Waals surface area contributed by atoms with Gasteiger partial charge >= 0.3 is 0 Å². The predicted octanol–water partition coefficient (Wildman–Crippen LogP) is 2.51. The van der Waals surface area contributed by atoms with Gasteiger partial charge in [0, 0.05) is 31.8 Å². The summed E-state index contributed by atoms with van der Waals surface area (Å²) in [4.78, 5) is 2.63. The van der Waals surface area contributed by atoms with Crippen molar-refractivity contribution in [2.75, 3.05) is 32.8 Å². The molecule has 108 valence electrons. The zero-order chi connectivity index (χ0) is 13.4. The average molecular weight is 256 g/mol. The molecule has 3 nitrogen and oxygen atoms in total. The number of nitrogens with zero attached hydrogens (tertiary/aromatic N) is 1. The maximum atomic E-state index is 5.42. The highest BCUT2D eigenvalue weighted by Crippen LogP contribution is 2.23. The van der Waals surface area contributed by atoms with Gasteiger partial charge in [-0.25, -0.2) is 0 Å². The Balaban J connectivity index is 2.28. The lowest BCUT2D eigenvalue weighted by atomic mass is 9.87. The van der Waals surface area contributed by atoms with E-state index in [2.05, 4.69) is 37.9 Å². The highest BCUT2D eigenvalue weighted by Gasteiger charge is 2.31. The number of ether oxygens (including phenoxy) is 1. The SMILES string of the molecule is CCCNC1CCN(CCCOCC)C(C)C1C. The predicted molar refractivity (Wildman–Crippen MR) is 78.0 cm³/mol. The van der Waals surface area contributed by atoms with E-state index in [4.69, 9.17) is 4.74 Å². The maximum absolute atomic E-state index is 5.42. The van der Waals surface area contributed by atoms with E-state index in [1.54, 1.807) is 0 Å². The Morgan fingerprint density at radius 3 is 2.72 bits per heavy atom. The number of likely N-dealkylation sites (tertiary alicyclic amines) is 1. The Hall–Kier alpha value is -0.120. The van der Waals surface area contributed by atoms with Crippen LogP contribution in [0.25, 0.3) is 0 Å². The Morgan fingerprint density at radius 2 is 2.06 bits per heavy atom. The Morgan fingerprint density at radius 1 is 1.28 bits per heavy atom. The minimum Gasteiger partial charge on any atom is -0.382 e. The normalized spacial score (nSPS) is 29.7. The number of nitrogens with one attached hydrogen (secondary N) is 1. The van der Waals surface area contributed by atoms with Gasteiger partial charge in [0.25, 0.3) is 0 Å². The van der Waals surface area contributed by atoms with Crippen molar-refractivity contribution in [1.29, 1.82) is 0 Å². The third kappa shape index (κ3) is 4.87. The van der Waals surface area contributed by atoms with Crippen LogP contribution in [-0.2, 0) is 4.74 Å².